The molecule has 0 aliphatic carbocycles. The number of anilines is 1. The average Bonchev–Trinajstić information content (AvgIpc) is 3.18. The summed E-state index contributed by atoms with van der Waals surface area (Å²) in [5.41, 5.74) is 7.36. The first kappa shape index (κ1) is 20.9. The summed E-state index contributed by atoms with van der Waals surface area (Å²) in [6.45, 7) is 3.23. The molecule has 0 radical (unpaired) electrons. The second-order valence-electron chi connectivity index (χ2n) is 8.72. The van der Waals surface area contributed by atoms with E-state index in [4.69, 9.17) is 0 Å². The molecule has 0 bridgehead atoms. The van der Waals surface area contributed by atoms with E-state index in [-0.39, 0.29) is 5.91 Å². The molecule has 1 aromatic carbocycles. The molecule has 4 heterocycles. The molecule has 0 atom stereocenters. The van der Waals surface area contributed by atoms with Gasteiger partial charge in [0.15, 0.2) is 0 Å². The molecule has 0 saturated heterocycles. The monoisotopic (exact) mass is 436 g/mol. The summed E-state index contributed by atoms with van der Waals surface area (Å²) in [6, 6.07) is 11.8. The zero-order chi connectivity index (χ0) is 23.1. The van der Waals surface area contributed by atoms with Gasteiger partial charge in [0, 0.05) is 48.2 Å². The Balaban J connectivity index is 1.61. The molecule has 5 rings (SSSR count). The highest BCUT2D eigenvalue weighted by Crippen LogP contribution is 2.33. The molecule has 33 heavy (non-hydrogen) atoms. The first-order valence-corrected chi connectivity index (χ1v) is 10.9. The van der Waals surface area contributed by atoms with Crippen molar-refractivity contribution in [2.75, 3.05) is 25.5 Å². The average molecular weight is 437 g/mol. The van der Waals surface area contributed by atoms with Crippen molar-refractivity contribution in [2.24, 2.45) is 0 Å². The van der Waals surface area contributed by atoms with Crippen LogP contribution >= 0.6 is 0 Å². The van der Waals surface area contributed by atoms with E-state index in [1.54, 1.807) is 23.2 Å². The molecule has 7 nitrogen and oxygen atoms in total. The third-order valence-electron chi connectivity index (χ3n) is 6.07. The van der Waals surface area contributed by atoms with Gasteiger partial charge >= 0.3 is 0 Å². The van der Waals surface area contributed by atoms with Crippen molar-refractivity contribution >= 4 is 22.8 Å². The number of aromatic amines is 1. The lowest BCUT2D eigenvalue weighted by molar-refractivity contribution is 0.0978. The molecule has 1 aliphatic rings. The number of aromatic nitrogens is 3. The van der Waals surface area contributed by atoms with Crippen molar-refractivity contribution in [3.8, 4) is 17.2 Å². The van der Waals surface area contributed by atoms with Crippen molar-refractivity contribution < 1.29 is 4.79 Å². The van der Waals surface area contributed by atoms with Crippen LogP contribution in [0.25, 0.3) is 22.2 Å². The van der Waals surface area contributed by atoms with Gasteiger partial charge in [0.25, 0.3) is 5.91 Å². The summed E-state index contributed by atoms with van der Waals surface area (Å²) in [6.07, 6.45) is 6.14. The molecule has 0 fully saturated rings. The number of nitrogens with one attached hydrogen (secondary N) is 1. The molecule has 0 saturated carbocycles. The van der Waals surface area contributed by atoms with Crippen molar-refractivity contribution in [3.05, 3.63) is 76.7 Å². The second-order valence-corrected chi connectivity index (χ2v) is 8.72. The standard InChI is InChI=1S/C26H24N6O/c1-16-13-29-25-22(16)11-20(14-30-25)19-9-18-5-7-32(23-8-17(12-27)4-6-28-23)26(33)24(18)21(10-19)15-31(2)3/h4,6,8-11,13-14H,5,7,15H2,1-3H3,(H,29,30). The van der Waals surface area contributed by atoms with E-state index in [2.05, 4.69) is 51.0 Å². The van der Waals surface area contributed by atoms with E-state index in [1.807, 2.05) is 26.5 Å². The van der Waals surface area contributed by atoms with Gasteiger partial charge in [-0.3, -0.25) is 9.69 Å². The number of rotatable bonds is 4. The van der Waals surface area contributed by atoms with Crippen LogP contribution in [0.15, 0.2) is 48.9 Å². The van der Waals surface area contributed by atoms with Gasteiger partial charge in [-0.1, -0.05) is 6.07 Å². The molecule has 7 heteroatoms. The number of hydrogen-bond donors (Lipinski definition) is 1. The maximum absolute atomic E-state index is 13.6. The molecule has 3 aromatic heterocycles. The fourth-order valence-electron chi connectivity index (χ4n) is 4.49. The van der Waals surface area contributed by atoms with E-state index in [0.29, 0.717) is 30.9 Å². The molecule has 0 unspecified atom stereocenters. The smallest absolute Gasteiger partial charge is 0.260 e. The fraction of sp³-hybridized carbons (Fsp3) is 0.231. The number of benzene rings is 1. The first-order valence-electron chi connectivity index (χ1n) is 10.9. The maximum atomic E-state index is 13.6. The molecule has 0 spiro atoms. The van der Waals surface area contributed by atoms with E-state index in [0.717, 1.165) is 44.4 Å². The molecule has 4 aromatic rings. The number of fused-ring (bicyclic) bond motifs is 2. The zero-order valence-corrected chi connectivity index (χ0v) is 18.9. The number of aryl methyl sites for hydroxylation is 1. The maximum Gasteiger partial charge on any atom is 0.260 e. The quantitative estimate of drug-likeness (QED) is 0.521. The zero-order valence-electron chi connectivity index (χ0n) is 18.9. The third kappa shape index (κ3) is 3.75. The lowest BCUT2D eigenvalue weighted by Gasteiger charge is -2.30. The van der Waals surface area contributed by atoms with Gasteiger partial charge in [0.2, 0.25) is 0 Å². The Bertz CT molecular complexity index is 1430. The third-order valence-corrected chi connectivity index (χ3v) is 6.07. The van der Waals surface area contributed by atoms with Crippen molar-refractivity contribution in [3.63, 3.8) is 0 Å². The SMILES string of the molecule is Cc1c[nH]c2ncc(-c3cc4c(c(CN(C)C)c3)C(=O)N(c3cc(C#N)ccn3)CC4)cc12. The Morgan fingerprint density at radius 2 is 2.03 bits per heavy atom. The number of nitriles is 1. The van der Waals surface area contributed by atoms with E-state index in [9.17, 15) is 10.1 Å². The van der Waals surface area contributed by atoms with Crippen LogP contribution in [0.5, 0.6) is 0 Å². The Kier molecular flexibility index (Phi) is 5.15. The molecule has 164 valence electrons. The van der Waals surface area contributed by atoms with E-state index < -0.39 is 0 Å². The minimum atomic E-state index is -0.0719. The fourth-order valence-corrected chi connectivity index (χ4v) is 4.49. The number of H-pyrrole nitrogens is 1. The molecular formula is C26H24N6O. The summed E-state index contributed by atoms with van der Waals surface area (Å²) in [5.74, 6) is 0.444. The van der Waals surface area contributed by atoms with Crippen LogP contribution in [0.2, 0.25) is 0 Å². The number of hydrogen-bond acceptors (Lipinski definition) is 5. The number of pyridine rings is 2. The van der Waals surface area contributed by atoms with Crippen LogP contribution in [-0.4, -0.2) is 46.4 Å². The van der Waals surface area contributed by atoms with Crippen molar-refractivity contribution in [1.29, 1.82) is 5.26 Å². The number of carbonyl (C=O) groups excluding carboxylic acids is 1. The Morgan fingerprint density at radius 3 is 2.82 bits per heavy atom. The van der Waals surface area contributed by atoms with Gasteiger partial charge < -0.3 is 9.88 Å². The van der Waals surface area contributed by atoms with Crippen LogP contribution in [0.3, 0.4) is 0 Å². The Labute approximate surface area is 192 Å². The normalized spacial score (nSPS) is 13.4. The summed E-state index contributed by atoms with van der Waals surface area (Å²) in [4.78, 5) is 29.5. The minimum absolute atomic E-state index is 0.0719. The second kappa shape index (κ2) is 8.15. The summed E-state index contributed by atoms with van der Waals surface area (Å²) in [5, 5.41) is 10.3. The molecular weight excluding hydrogens is 412 g/mol. The van der Waals surface area contributed by atoms with Gasteiger partial charge in [-0.15, -0.1) is 0 Å². The summed E-state index contributed by atoms with van der Waals surface area (Å²) >= 11 is 0. The van der Waals surface area contributed by atoms with Crippen LogP contribution in [0.4, 0.5) is 5.82 Å². The predicted molar refractivity (Wildman–Crippen MR) is 128 cm³/mol. The van der Waals surface area contributed by atoms with Crippen LogP contribution < -0.4 is 4.90 Å². The van der Waals surface area contributed by atoms with Gasteiger partial charge in [0.1, 0.15) is 11.5 Å². The number of amides is 1. The largest absolute Gasteiger partial charge is 0.346 e. The first-order chi connectivity index (χ1) is 15.9. The van der Waals surface area contributed by atoms with E-state index >= 15 is 0 Å². The Hall–Kier alpha value is -4.02. The van der Waals surface area contributed by atoms with Gasteiger partial charge in [0.05, 0.1) is 11.6 Å². The molecule has 1 amide bonds. The van der Waals surface area contributed by atoms with Gasteiger partial charge in [-0.25, -0.2) is 9.97 Å². The van der Waals surface area contributed by atoms with Crippen molar-refractivity contribution in [2.45, 2.75) is 19.9 Å². The Morgan fingerprint density at radius 1 is 1.18 bits per heavy atom. The van der Waals surface area contributed by atoms with Gasteiger partial charge in [-0.05, 0) is 74.0 Å². The lowest BCUT2D eigenvalue weighted by Crippen LogP contribution is -2.39. The molecule has 1 N–H and O–H groups in total. The summed E-state index contributed by atoms with van der Waals surface area (Å²) in [7, 11) is 4.00. The highest BCUT2D eigenvalue weighted by atomic mass is 16.2. The topological polar surface area (TPSA) is 88.9 Å². The molecule has 1 aliphatic heterocycles. The van der Waals surface area contributed by atoms with Crippen LogP contribution in [0, 0.1) is 18.3 Å². The highest BCUT2D eigenvalue weighted by Gasteiger charge is 2.29. The number of nitrogens with zero attached hydrogens (tertiary/aromatic N) is 5. The minimum Gasteiger partial charge on any atom is -0.346 e. The van der Waals surface area contributed by atoms with E-state index in [1.165, 1.54) is 0 Å². The van der Waals surface area contributed by atoms with Crippen LogP contribution in [-0.2, 0) is 13.0 Å². The van der Waals surface area contributed by atoms with Crippen LogP contribution in [0.1, 0.15) is 32.6 Å². The van der Waals surface area contributed by atoms with Crippen molar-refractivity contribution in [1.82, 2.24) is 19.9 Å². The highest BCUT2D eigenvalue weighted by molar-refractivity contribution is 6.09. The number of carbonyl (C=O) groups is 1. The van der Waals surface area contributed by atoms with Gasteiger partial charge in [-0.2, -0.15) is 5.26 Å². The summed E-state index contributed by atoms with van der Waals surface area (Å²) < 4.78 is 0. The predicted octanol–water partition coefficient (Wildman–Crippen LogP) is 4.07. The lowest BCUT2D eigenvalue weighted by atomic mass is 9.89.